The van der Waals surface area contributed by atoms with Crippen LogP contribution in [0, 0.1) is 25.5 Å². The SMILES string of the molecule is CO[C@@H]1[C@@H](n2cc(-c3ccc(C)c(F)c3F)nn2)[C@@H](O)[C@@H](CO)O[C@H]1S[C@H](c1ncccc1C)C1(O)CCC(F)(F)CC1. The van der Waals surface area contributed by atoms with Crippen molar-refractivity contribution in [1.29, 1.82) is 0 Å². The molecule has 6 atom stereocenters. The standard InChI is InChI=1S/C29H34F4N4O5S/c1-15-6-7-17(21(31)20(15)30)18-13-37(36-35-18)23-24(39)19(14-38)42-27(25(23)41-3)43-26(22-16(2)5-4-12-34-22)28(40)8-10-29(32,33)11-9-28/h4-7,12-13,19,23-27,38-40H,8-11,14H2,1-3H3/t19-,23+,24+,25-,26-,27+/m1/s1. The number of aliphatic hydroxyl groups excluding tert-OH is 2. The Kier molecular flexibility index (Phi) is 9.17. The molecule has 1 aromatic carbocycles. The number of aromatic nitrogens is 4. The van der Waals surface area contributed by atoms with Crippen molar-refractivity contribution in [1.82, 2.24) is 20.0 Å². The van der Waals surface area contributed by atoms with Crippen LogP contribution in [-0.2, 0) is 9.47 Å². The summed E-state index contributed by atoms with van der Waals surface area (Å²) in [6.07, 6.45) is -1.94. The van der Waals surface area contributed by atoms with Gasteiger partial charge in [0, 0.05) is 31.7 Å². The van der Waals surface area contributed by atoms with Gasteiger partial charge in [-0.15, -0.1) is 16.9 Å². The number of alkyl halides is 2. The Morgan fingerprint density at radius 2 is 1.84 bits per heavy atom. The second-order valence-corrected chi connectivity index (χ2v) is 12.4. The number of pyridine rings is 1. The molecule has 3 N–H and O–H groups in total. The van der Waals surface area contributed by atoms with Crippen LogP contribution in [0.4, 0.5) is 17.6 Å². The van der Waals surface area contributed by atoms with Crippen molar-refractivity contribution in [3.05, 3.63) is 65.1 Å². The first-order chi connectivity index (χ1) is 20.4. The van der Waals surface area contributed by atoms with Gasteiger partial charge in [-0.25, -0.2) is 22.2 Å². The maximum absolute atomic E-state index is 14.7. The number of hydrogen-bond acceptors (Lipinski definition) is 9. The number of rotatable bonds is 8. The van der Waals surface area contributed by atoms with Crippen LogP contribution in [0.25, 0.3) is 11.3 Å². The maximum Gasteiger partial charge on any atom is 0.248 e. The van der Waals surface area contributed by atoms with Gasteiger partial charge in [-0.1, -0.05) is 17.3 Å². The predicted molar refractivity (Wildman–Crippen MR) is 149 cm³/mol. The molecule has 2 fully saturated rings. The molecular weight excluding hydrogens is 592 g/mol. The average Bonchev–Trinajstić information content (AvgIpc) is 3.46. The van der Waals surface area contributed by atoms with E-state index in [1.54, 1.807) is 25.3 Å². The van der Waals surface area contributed by atoms with Crippen molar-refractivity contribution >= 4 is 11.8 Å². The highest BCUT2D eigenvalue weighted by molar-refractivity contribution is 8.00. The van der Waals surface area contributed by atoms with Gasteiger partial charge in [0.05, 0.1) is 29.3 Å². The minimum Gasteiger partial charge on any atom is -0.394 e. The Bertz CT molecular complexity index is 1440. The smallest absolute Gasteiger partial charge is 0.248 e. The van der Waals surface area contributed by atoms with E-state index in [0.717, 1.165) is 17.3 Å². The van der Waals surface area contributed by atoms with E-state index in [2.05, 4.69) is 15.3 Å². The molecule has 1 aliphatic heterocycles. The highest BCUT2D eigenvalue weighted by Gasteiger charge is 2.53. The van der Waals surface area contributed by atoms with E-state index in [9.17, 15) is 32.9 Å². The summed E-state index contributed by atoms with van der Waals surface area (Å²) < 4.78 is 70.4. The minimum atomic E-state index is -2.89. The fraction of sp³-hybridized carbons (Fsp3) is 0.552. The largest absolute Gasteiger partial charge is 0.394 e. The summed E-state index contributed by atoms with van der Waals surface area (Å²) in [5, 5.41) is 40.4. The van der Waals surface area contributed by atoms with Crippen LogP contribution in [0.15, 0.2) is 36.7 Å². The summed E-state index contributed by atoms with van der Waals surface area (Å²) in [5.74, 6) is -5.00. The lowest BCUT2D eigenvalue weighted by atomic mass is 9.79. The van der Waals surface area contributed by atoms with Gasteiger partial charge in [-0.2, -0.15) is 0 Å². The first-order valence-corrected chi connectivity index (χ1v) is 14.8. The molecule has 2 aliphatic rings. The van der Waals surface area contributed by atoms with E-state index in [0.29, 0.717) is 5.69 Å². The lowest BCUT2D eigenvalue weighted by Gasteiger charge is -2.47. The van der Waals surface area contributed by atoms with Gasteiger partial charge in [0.1, 0.15) is 35.5 Å². The third-order valence-corrected chi connectivity index (χ3v) is 9.95. The van der Waals surface area contributed by atoms with Crippen LogP contribution in [0.1, 0.15) is 53.8 Å². The second-order valence-electron chi connectivity index (χ2n) is 11.2. The highest BCUT2D eigenvalue weighted by atomic mass is 32.2. The van der Waals surface area contributed by atoms with Gasteiger partial charge in [0.2, 0.25) is 5.92 Å². The van der Waals surface area contributed by atoms with E-state index in [1.165, 1.54) is 37.0 Å². The third-order valence-electron chi connectivity index (χ3n) is 8.37. The molecule has 1 aliphatic carbocycles. The van der Waals surface area contributed by atoms with Crippen molar-refractivity contribution in [3.63, 3.8) is 0 Å². The molecule has 0 radical (unpaired) electrons. The number of nitrogens with zero attached hydrogens (tertiary/aromatic N) is 4. The number of ether oxygens (including phenoxy) is 2. The minimum absolute atomic E-state index is 0.00845. The molecule has 1 saturated carbocycles. The zero-order valence-corrected chi connectivity index (χ0v) is 24.6. The van der Waals surface area contributed by atoms with Crippen LogP contribution in [0.5, 0.6) is 0 Å². The summed E-state index contributed by atoms with van der Waals surface area (Å²) in [6.45, 7) is 2.65. The van der Waals surface area contributed by atoms with Gasteiger partial charge >= 0.3 is 0 Å². The van der Waals surface area contributed by atoms with Crippen LogP contribution in [0.3, 0.4) is 0 Å². The summed E-state index contributed by atoms with van der Waals surface area (Å²) in [4.78, 5) is 4.48. The number of aliphatic hydroxyl groups is 3. The van der Waals surface area contributed by atoms with Crippen LogP contribution in [-0.4, -0.2) is 84.3 Å². The van der Waals surface area contributed by atoms with E-state index < -0.39 is 77.6 Å². The van der Waals surface area contributed by atoms with Crippen LogP contribution < -0.4 is 0 Å². The number of hydrogen-bond donors (Lipinski definition) is 3. The number of halogens is 4. The van der Waals surface area contributed by atoms with Gasteiger partial charge < -0.3 is 24.8 Å². The molecule has 3 aromatic rings. The van der Waals surface area contributed by atoms with Crippen molar-refractivity contribution in [2.75, 3.05) is 13.7 Å². The molecule has 0 unspecified atom stereocenters. The first kappa shape index (κ1) is 31.8. The molecule has 1 saturated heterocycles. The van der Waals surface area contributed by atoms with Crippen molar-refractivity contribution in [2.45, 2.75) is 86.1 Å². The topological polar surface area (TPSA) is 123 Å². The summed E-state index contributed by atoms with van der Waals surface area (Å²) in [6, 6.07) is 5.30. The third kappa shape index (κ3) is 6.18. The normalized spacial score (nSPS) is 27.6. The summed E-state index contributed by atoms with van der Waals surface area (Å²) >= 11 is 1.10. The van der Waals surface area contributed by atoms with Crippen molar-refractivity contribution in [3.8, 4) is 11.3 Å². The molecule has 0 bridgehead atoms. The molecule has 5 rings (SSSR count). The molecule has 0 spiro atoms. The molecule has 0 amide bonds. The molecule has 234 valence electrons. The number of aryl methyl sites for hydroxylation is 2. The Morgan fingerprint density at radius 3 is 2.49 bits per heavy atom. The van der Waals surface area contributed by atoms with Gasteiger partial charge in [0.25, 0.3) is 0 Å². The number of thioether (sulfide) groups is 1. The van der Waals surface area contributed by atoms with E-state index >= 15 is 0 Å². The lowest BCUT2D eigenvalue weighted by Crippen LogP contribution is -2.56. The van der Waals surface area contributed by atoms with E-state index in [-0.39, 0.29) is 29.7 Å². The fourth-order valence-electron chi connectivity index (χ4n) is 5.78. The first-order valence-electron chi connectivity index (χ1n) is 13.9. The van der Waals surface area contributed by atoms with Crippen LogP contribution >= 0.6 is 11.8 Å². The maximum atomic E-state index is 14.7. The zero-order chi connectivity index (χ0) is 31.1. The molecule has 2 aromatic heterocycles. The predicted octanol–water partition coefficient (Wildman–Crippen LogP) is 4.28. The summed E-state index contributed by atoms with van der Waals surface area (Å²) in [5.41, 5.74) is -1.30. The zero-order valence-electron chi connectivity index (χ0n) is 23.8. The number of methoxy groups -OCH3 is 1. The lowest BCUT2D eigenvalue weighted by molar-refractivity contribution is -0.186. The molecule has 3 heterocycles. The average molecular weight is 627 g/mol. The molecule has 9 nitrogen and oxygen atoms in total. The Morgan fingerprint density at radius 1 is 1.12 bits per heavy atom. The quantitative estimate of drug-likeness (QED) is 0.315. The Labute approximate surface area is 250 Å². The molecular formula is C29H34F4N4O5S. The van der Waals surface area contributed by atoms with Gasteiger partial charge in [-0.3, -0.25) is 4.98 Å². The van der Waals surface area contributed by atoms with Crippen LogP contribution in [0.2, 0.25) is 0 Å². The molecule has 14 heteroatoms. The number of benzene rings is 1. The van der Waals surface area contributed by atoms with Crippen molar-refractivity contribution < 1.29 is 42.4 Å². The van der Waals surface area contributed by atoms with E-state index in [1.807, 2.05) is 0 Å². The van der Waals surface area contributed by atoms with Crippen molar-refractivity contribution in [2.24, 2.45) is 0 Å². The van der Waals surface area contributed by atoms with Gasteiger partial charge in [-0.05, 0) is 49.9 Å². The van der Waals surface area contributed by atoms with E-state index in [4.69, 9.17) is 9.47 Å². The second kappa shape index (κ2) is 12.4. The fourth-order valence-corrected chi connectivity index (χ4v) is 7.54. The Hall–Kier alpha value is -2.62. The summed E-state index contributed by atoms with van der Waals surface area (Å²) in [7, 11) is 1.38. The monoisotopic (exact) mass is 626 g/mol. The highest BCUT2D eigenvalue weighted by Crippen LogP contribution is 2.53. The van der Waals surface area contributed by atoms with Gasteiger partial charge in [0.15, 0.2) is 11.6 Å². The Balaban J connectivity index is 1.51. The molecule has 43 heavy (non-hydrogen) atoms.